The summed E-state index contributed by atoms with van der Waals surface area (Å²) in [6.07, 6.45) is 5.08. The van der Waals surface area contributed by atoms with Crippen molar-refractivity contribution in [1.82, 2.24) is 0 Å². The van der Waals surface area contributed by atoms with Crippen LogP contribution in [0.3, 0.4) is 0 Å². The van der Waals surface area contributed by atoms with Crippen LogP contribution in [0.1, 0.15) is 58.8 Å². The minimum atomic E-state index is -0.754. The summed E-state index contributed by atoms with van der Waals surface area (Å²) in [7, 11) is 0. The van der Waals surface area contributed by atoms with E-state index < -0.39 is 17.5 Å². The van der Waals surface area contributed by atoms with E-state index in [-0.39, 0.29) is 6.61 Å². The highest BCUT2D eigenvalue weighted by Gasteiger charge is 2.45. The van der Waals surface area contributed by atoms with E-state index >= 15 is 0 Å². The van der Waals surface area contributed by atoms with Crippen LogP contribution in [0.2, 0.25) is 0 Å². The minimum absolute atomic E-state index is 0.256. The molecule has 1 rings (SSSR count). The molecule has 1 aliphatic carbocycles. The number of aliphatic hydroxyl groups is 1. The van der Waals surface area contributed by atoms with Crippen molar-refractivity contribution in [2.75, 3.05) is 13.2 Å². The molecule has 0 spiro atoms. The second kappa shape index (κ2) is 7.85. The van der Waals surface area contributed by atoms with Gasteiger partial charge in [0.15, 0.2) is 0 Å². The maximum Gasteiger partial charge on any atom is 0.309 e. The van der Waals surface area contributed by atoms with Gasteiger partial charge in [-0.3, -0.25) is 4.79 Å². The third kappa shape index (κ3) is 4.77. The zero-order chi connectivity index (χ0) is 14.3. The third-order valence-electron chi connectivity index (χ3n) is 4.32. The van der Waals surface area contributed by atoms with Crippen LogP contribution in [0.15, 0.2) is 0 Å². The predicted molar refractivity (Wildman–Crippen MR) is 74.1 cm³/mol. The van der Waals surface area contributed by atoms with Crippen LogP contribution in [0.25, 0.3) is 0 Å². The molecular formula is C15H28O4. The second-order valence-corrected chi connectivity index (χ2v) is 5.89. The van der Waals surface area contributed by atoms with Crippen molar-refractivity contribution in [2.24, 2.45) is 11.3 Å². The lowest BCUT2D eigenvalue weighted by Gasteiger charge is -2.27. The Morgan fingerprint density at radius 3 is 2.74 bits per heavy atom. The Morgan fingerprint density at radius 2 is 2.21 bits per heavy atom. The number of carboxylic acid groups (broad SMARTS) is 1. The summed E-state index contributed by atoms with van der Waals surface area (Å²) in [5, 5.41) is 19.5. The molecule has 0 amide bonds. The van der Waals surface area contributed by atoms with Gasteiger partial charge in [-0.25, -0.2) is 0 Å². The van der Waals surface area contributed by atoms with Crippen LogP contribution < -0.4 is 0 Å². The van der Waals surface area contributed by atoms with Crippen LogP contribution >= 0.6 is 0 Å². The normalized spacial score (nSPS) is 28.5. The first-order chi connectivity index (χ1) is 9.04. The molecule has 19 heavy (non-hydrogen) atoms. The minimum Gasteiger partial charge on any atom is -0.481 e. The molecule has 0 radical (unpaired) electrons. The van der Waals surface area contributed by atoms with Crippen molar-refractivity contribution in [3.05, 3.63) is 0 Å². The maximum absolute atomic E-state index is 11.5. The molecule has 1 aliphatic rings. The quantitative estimate of drug-likeness (QED) is 0.633. The fraction of sp³-hybridized carbons (Fsp3) is 0.933. The lowest BCUT2D eigenvalue weighted by molar-refractivity contribution is -0.151. The number of hydrogen-bond acceptors (Lipinski definition) is 3. The smallest absolute Gasteiger partial charge is 0.309 e. The lowest BCUT2D eigenvalue weighted by atomic mass is 9.80. The summed E-state index contributed by atoms with van der Waals surface area (Å²) in [6.45, 7) is 5.09. The third-order valence-corrected chi connectivity index (χ3v) is 4.32. The molecular weight excluding hydrogens is 244 g/mol. The highest BCUT2D eigenvalue weighted by Crippen LogP contribution is 2.46. The predicted octanol–water partition coefficient (Wildman–Crippen LogP) is 2.84. The van der Waals surface area contributed by atoms with E-state index in [1.54, 1.807) is 0 Å². The number of ether oxygens (including phenoxy) is 1. The molecule has 0 bridgehead atoms. The number of carboxylic acids is 1. The van der Waals surface area contributed by atoms with Gasteiger partial charge in [-0.1, -0.05) is 26.7 Å². The molecule has 112 valence electrons. The number of rotatable bonds is 9. The van der Waals surface area contributed by atoms with E-state index in [0.717, 1.165) is 25.7 Å². The molecule has 1 saturated carbocycles. The van der Waals surface area contributed by atoms with Gasteiger partial charge in [0.25, 0.3) is 0 Å². The van der Waals surface area contributed by atoms with Crippen LogP contribution in [-0.4, -0.2) is 35.5 Å². The zero-order valence-corrected chi connectivity index (χ0v) is 12.2. The van der Waals surface area contributed by atoms with Crippen LogP contribution in [0, 0.1) is 11.3 Å². The number of unbranched alkanes of at least 4 members (excludes halogenated alkanes) is 1. The van der Waals surface area contributed by atoms with Crippen LogP contribution in [0.5, 0.6) is 0 Å². The standard InChI is InChI=1S/C15H28O4/c1-3-5-8-19-11-13(16)10-15(14(17)18)7-6-12(4-2)9-15/h12-13,16H,3-11H2,1-2H3,(H,17,18). The van der Waals surface area contributed by atoms with Gasteiger partial charge in [0, 0.05) is 6.61 Å². The van der Waals surface area contributed by atoms with Crippen molar-refractivity contribution in [2.45, 2.75) is 64.9 Å². The summed E-state index contributed by atoms with van der Waals surface area (Å²) in [4.78, 5) is 11.5. The molecule has 0 aliphatic heterocycles. The molecule has 4 nitrogen and oxygen atoms in total. The number of aliphatic hydroxyl groups excluding tert-OH is 1. The fourth-order valence-electron chi connectivity index (χ4n) is 3.03. The number of carbonyl (C=O) groups is 1. The SMILES string of the molecule is CCCCOCC(O)CC1(C(=O)O)CCC(CC)C1. The summed E-state index contributed by atoms with van der Waals surface area (Å²) < 4.78 is 5.38. The van der Waals surface area contributed by atoms with Gasteiger partial charge in [-0.15, -0.1) is 0 Å². The molecule has 0 aromatic rings. The van der Waals surface area contributed by atoms with Gasteiger partial charge in [-0.05, 0) is 38.0 Å². The Balaban J connectivity index is 2.43. The molecule has 3 atom stereocenters. The average Bonchev–Trinajstić information content (AvgIpc) is 2.79. The molecule has 2 N–H and O–H groups in total. The van der Waals surface area contributed by atoms with Gasteiger partial charge >= 0.3 is 5.97 Å². The topological polar surface area (TPSA) is 66.8 Å². The van der Waals surface area contributed by atoms with Crippen LogP contribution in [-0.2, 0) is 9.53 Å². The van der Waals surface area contributed by atoms with E-state index in [1.165, 1.54) is 0 Å². The van der Waals surface area contributed by atoms with E-state index in [0.29, 0.717) is 31.8 Å². The zero-order valence-electron chi connectivity index (χ0n) is 12.2. The van der Waals surface area contributed by atoms with Gasteiger partial charge in [0.05, 0.1) is 18.1 Å². The Labute approximate surface area is 116 Å². The molecule has 0 aromatic carbocycles. The van der Waals surface area contributed by atoms with E-state index in [2.05, 4.69) is 13.8 Å². The number of aliphatic carboxylic acids is 1. The summed E-state index contributed by atoms with van der Waals surface area (Å²) in [6, 6.07) is 0. The lowest BCUT2D eigenvalue weighted by Crippen LogP contribution is -2.34. The van der Waals surface area contributed by atoms with E-state index in [4.69, 9.17) is 4.74 Å². The highest BCUT2D eigenvalue weighted by atomic mass is 16.5. The van der Waals surface area contributed by atoms with Gasteiger partial charge in [0.2, 0.25) is 0 Å². The number of hydrogen-bond donors (Lipinski definition) is 2. The summed E-state index contributed by atoms with van der Waals surface area (Å²) in [5.41, 5.74) is -0.728. The van der Waals surface area contributed by atoms with Crippen molar-refractivity contribution in [3.63, 3.8) is 0 Å². The molecule has 4 heteroatoms. The first kappa shape index (κ1) is 16.4. The Morgan fingerprint density at radius 1 is 1.47 bits per heavy atom. The first-order valence-corrected chi connectivity index (χ1v) is 7.53. The average molecular weight is 272 g/mol. The molecule has 0 saturated heterocycles. The largest absolute Gasteiger partial charge is 0.481 e. The molecule has 1 fully saturated rings. The summed E-state index contributed by atoms with van der Waals surface area (Å²) in [5.74, 6) is -0.264. The molecule has 0 aromatic heterocycles. The summed E-state index contributed by atoms with van der Waals surface area (Å²) >= 11 is 0. The molecule has 3 unspecified atom stereocenters. The Hall–Kier alpha value is -0.610. The van der Waals surface area contributed by atoms with Crippen LogP contribution in [0.4, 0.5) is 0 Å². The van der Waals surface area contributed by atoms with Gasteiger partial charge < -0.3 is 14.9 Å². The molecule has 0 heterocycles. The first-order valence-electron chi connectivity index (χ1n) is 7.53. The van der Waals surface area contributed by atoms with E-state index in [9.17, 15) is 15.0 Å². The Kier molecular flexibility index (Phi) is 6.80. The van der Waals surface area contributed by atoms with Crippen molar-refractivity contribution in [3.8, 4) is 0 Å². The van der Waals surface area contributed by atoms with Gasteiger partial charge in [-0.2, -0.15) is 0 Å². The van der Waals surface area contributed by atoms with Crippen molar-refractivity contribution < 1.29 is 19.7 Å². The highest BCUT2D eigenvalue weighted by molar-refractivity contribution is 5.75. The Bertz CT molecular complexity index is 279. The second-order valence-electron chi connectivity index (χ2n) is 5.89. The van der Waals surface area contributed by atoms with E-state index in [1.807, 2.05) is 0 Å². The van der Waals surface area contributed by atoms with Gasteiger partial charge in [0.1, 0.15) is 0 Å². The monoisotopic (exact) mass is 272 g/mol. The fourth-order valence-corrected chi connectivity index (χ4v) is 3.03. The van der Waals surface area contributed by atoms with Crippen molar-refractivity contribution >= 4 is 5.97 Å². The maximum atomic E-state index is 11.5. The van der Waals surface area contributed by atoms with Crippen molar-refractivity contribution in [1.29, 1.82) is 0 Å².